The quantitative estimate of drug-likeness (QED) is 0.807. The second kappa shape index (κ2) is 7.75. The lowest BCUT2D eigenvalue weighted by Gasteiger charge is -2.35. The fourth-order valence-electron chi connectivity index (χ4n) is 3.67. The molecule has 6 heteroatoms. The zero-order valence-electron chi connectivity index (χ0n) is 14.8. The van der Waals surface area contributed by atoms with Gasteiger partial charge in [0.1, 0.15) is 6.04 Å². The van der Waals surface area contributed by atoms with Crippen molar-refractivity contribution in [3.05, 3.63) is 28.8 Å². The van der Waals surface area contributed by atoms with Gasteiger partial charge in [0.2, 0.25) is 11.8 Å². The van der Waals surface area contributed by atoms with Crippen molar-refractivity contribution in [3.63, 3.8) is 0 Å². The molecule has 25 heavy (non-hydrogen) atoms. The number of benzene rings is 1. The summed E-state index contributed by atoms with van der Waals surface area (Å²) in [5, 5.41) is 6.16. The van der Waals surface area contributed by atoms with Crippen LogP contribution in [0.15, 0.2) is 18.2 Å². The third-order valence-electron chi connectivity index (χ3n) is 5.29. The summed E-state index contributed by atoms with van der Waals surface area (Å²) in [6, 6.07) is 6.28. The van der Waals surface area contributed by atoms with E-state index >= 15 is 0 Å². The number of hydrogen-bond donors (Lipinski definition) is 2. The van der Waals surface area contributed by atoms with Crippen molar-refractivity contribution in [2.45, 2.75) is 57.5 Å². The normalized spacial score (nSPS) is 23.0. The molecule has 2 fully saturated rings. The largest absolute Gasteiger partial charge is 0.372 e. The van der Waals surface area contributed by atoms with Crippen LogP contribution in [0.4, 0.5) is 5.69 Å². The number of hydrogen-bond acceptors (Lipinski definition) is 4. The monoisotopic (exact) mass is 363 g/mol. The number of nitrogens with one attached hydrogen (secondary N) is 2. The fourth-order valence-corrected chi connectivity index (χ4v) is 3.91. The van der Waals surface area contributed by atoms with Crippen LogP contribution in [0.2, 0.25) is 5.02 Å². The lowest BCUT2D eigenvalue weighted by Crippen LogP contribution is -2.47. The number of rotatable bonds is 4. The van der Waals surface area contributed by atoms with Crippen molar-refractivity contribution < 1.29 is 9.59 Å². The Morgan fingerprint density at radius 2 is 1.92 bits per heavy atom. The number of likely N-dealkylation sites (tertiary alicyclic amines) is 1. The SMILES string of the molecule is CC(C)N1CCC(c2ccc(NC3CCC(=O)NC3=O)c(Cl)c2)CC1. The number of carbonyl (C=O) groups is 2. The molecule has 2 heterocycles. The zero-order valence-corrected chi connectivity index (χ0v) is 15.6. The molecule has 136 valence electrons. The van der Waals surface area contributed by atoms with E-state index in [4.69, 9.17) is 11.6 Å². The van der Waals surface area contributed by atoms with E-state index in [0.29, 0.717) is 29.8 Å². The Morgan fingerprint density at radius 1 is 1.20 bits per heavy atom. The van der Waals surface area contributed by atoms with Crippen LogP contribution < -0.4 is 10.6 Å². The van der Waals surface area contributed by atoms with Gasteiger partial charge in [0.25, 0.3) is 0 Å². The molecule has 3 rings (SSSR count). The van der Waals surface area contributed by atoms with Gasteiger partial charge in [-0.05, 0) is 69.8 Å². The Bertz CT molecular complexity index is 654. The minimum absolute atomic E-state index is 0.211. The molecule has 0 spiro atoms. The van der Waals surface area contributed by atoms with E-state index < -0.39 is 6.04 Å². The lowest BCUT2D eigenvalue weighted by atomic mass is 9.89. The highest BCUT2D eigenvalue weighted by Crippen LogP contribution is 2.33. The first-order valence-corrected chi connectivity index (χ1v) is 9.45. The van der Waals surface area contributed by atoms with Gasteiger partial charge in [-0.25, -0.2) is 0 Å². The van der Waals surface area contributed by atoms with Crippen LogP contribution in [-0.2, 0) is 9.59 Å². The van der Waals surface area contributed by atoms with E-state index in [1.807, 2.05) is 12.1 Å². The van der Waals surface area contributed by atoms with Crippen molar-refractivity contribution in [2.24, 2.45) is 0 Å². The van der Waals surface area contributed by atoms with E-state index in [9.17, 15) is 9.59 Å². The molecule has 0 bridgehead atoms. The van der Waals surface area contributed by atoms with Crippen molar-refractivity contribution in [3.8, 4) is 0 Å². The molecular formula is C19H26ClN3O2. The van der Waals surface area contributed by atoms with Gasteiger partial charge in [0.15, 0.2) is 0 Å². The summed E-state index contributed by atoms with van der Waals surface area (Å²) in [4.78, 5) is 25.6. The molecule has 5 nitrogen and oxygen atoms in total. The maximum atomic E-state index is 11.9. The van der Waals surface area contributed by atoms with Gasteiger partial charge < -0.3 is 10.2 Å². The molecule has 0 aliphatic carbocycles. The van der Waals surface area contributed by atoms with Gasteiger partial charge in [0, 0.05) is 12.5 Å². The van der Waals surface area contributed by atoms with Crippen LogP contribution in [0.1, 0.15) is 51.0 Å². The summed E-state index contributed by atoms with van der Waals surface area (Å²) in [5.74, 6) is 0.0480. The number of carbonyl (C=O) groups excluding carboxylic acids is 2. The molecule has 1 unspecified atom stereocenters. The summed E-state index contributed by atoms with van der Waals surface area (Å²) in [7, 11) is 0. The maximum absolute atomic E-state index is 11.9. The van der Waals surface area contributed by atoms with Gasteiger partial charge in [-0.15, -0.1) is 0 Å². The predicted octanol–water partition coefficient (Wildman–Crippen LogP) is 3.14. The Balaban J connectivity index is 1.63. The highest BCUT2D eigenvalue weighted by atomic mass is 35.5. The highest BCUT2D eigenvalue weighted by molar-refractivity contribution is 6.33. The van der Waals surface area contributed by atoms with Crippen molar-refractivity contribution in [1.82, 2.24) is 10.2 Å². The van der Waals surface area contributed by atoms with Crippen LogP contribution >= 0.6 is 11.6 Å². The third-order valence-corrected chi connectivity index (χ3v) is 5.61. The molecule has 0 radical (unpaired) electrons. The van der Waals surface area contributed by atoms with Crippen LogP contribution in [0, 0.1) is 0 Å². The molecule has 2 aliphatic heterocycles. The number of imide groups is 1. The number of nitrogens with zero attached hydrogens (tertiary/aromatic N) is 1. The van der Waals surface area contributed by atoms with Crippen molar-refractivity contribution in [2.75, 3.05) is 18.4 Å². The molecule has 0 saturated carbocycles. The second-order valence-electron chi connectivity index (χ2n) is 7.29. The third kappa shape index (κ3) is 4.33. The summed E-state index contributed by atoms with van der Waals surface area (Å²) < 4.78 is 0. The Morgan fingerprint density at radius 3 is 2.52 bits per heavy atom. The lowest BCUT2D eigenvalue weighted by molar-refractivity contribution is -0.133. The minimum Gasteiger partial charge on any atom is -0.372 e. The molecule has 2 aliphatic rings. The minimum atomic E-state index is -0.407. The fraction of sp³-hybridized carbons (Fsp3) is 0.579. The number of anilines is 1. The second-order valence-corrected chi connectivity index (χ2v) is 7.70. The predicted molar refractivity (Wildman–Crippen MR) is 99.9 cm³/mol. The van der Waals surface area contributed by atoms with Gasteiger partial charge in [-0.2, -0.15) is 0 Å². The number of halogens is 1. The Labute approximate surface area is 154 Å². The standard InChI is InChI=1S/C19H26ClN3O2/c1-12(2)23-9-7-13(8-10-23)14-3-4-16(15(20)11-14)21-17-5-6-18(24)22-19(17)25/h3-4,11-13,17,21H,5-10H2,1-2H3,(H,22,24,25). The van der Waals surface area contributed by atoms with Gasteiger partial charge in [-0.1, -0.05) is 17.7 Å². The summed E-state index contributed by atoms with van der Waals surface area (Å²) in [6.07, 6.45) is 3.15. The average Bonchev–Trinajstić information content (AvgIpc) is 2.59. The van der Waals surface area contributed by atoms with Gasteiger partial charge in [-0.3, -0.25) is 14.9 Å². The van der Waals surface area contributed by atoms with E-state index in [-0.39, 0.29) is 11.8 Å². The molecule has 1 atom stereocenters. The van der Waals surface area contributed by atoms with Crippen LogP contribution in [0.25, 0.3) is 0 Å². The molecule has 2 saturated heterocycles. The molecule has 1 aromatic rings. The summed E-state index contributed by atoms with van der Waals surface area (Å²) in [5.41, 5.74) is 2.02. The molecule has 2 amide bonds. The van der Waals surface area contributed by atoms with E-state index in [1.165, 1.54) is 5.56 Å². The van der Waals surface area contributed by atoms with E-state index in [1.54, 1.807) is 0 Å². The van der Waals surface area contributed by atoms with Crippen molar-refractivity contribution in [1.29, 1.82) is 0 Å². The van der Waals surface area contributed by atoms with Crippen molar-refractivity contribution >= 4 is 29.1 Å². The molecular weight excluding hydrogens is 338 g/mol. The highest BCUT2D eigenvalue weighted by Gasteiger charge is 2.27. The number of amides is 2. The molecule has 2 N–H and O–H groups in total. The van der Waals surface area contributed by atoms with E-state index in [2.05, 4.69) is 35.4 Å². The van der Waals surface area contributed by atoms with Gasteiger partial charge in [0.05, 0.1) is 10.7 Å². The molecule has 0 aromatic heterocycles. The first-order valence-electron chi connectivity index (χ1n) is 9.07. The average molecular weight is 364 g/mol. The van der Waals surface area contributed by atoms with Crippen LogP contribution in [-0.4, -0.2) is 41.9 Å². The first kappa shape index (κ1) is 18.2. The Kier molecular flexibility index (Phi) is 5.64. The van der Waals surface area contributed by atoms with Crippen LogP contribution in [0.5, 0.6) is 0 Å². The number of piperidine rings is 2. The molecule has 1 aromatic carbocycles. The smallest absolute Gasteiger partial charge is 0.249 e. The maximum Gasteiger partial charge on any atom is 0.249 e. The summed E-state index contributed by atoms with van der Waals surface area (Å²) >= 11 is 6.45. The summed E-state index contributed by atoms with van der Waals surface area (Å²) in [6.45, 7) is 6.73. The van der Waals surface area contributed by atoms with Crippen LogP contribution in [0.3, 0.4) is 0 Å². The van der Waals surface area contributed by atoms with Gasteiger partial charge >= 0.3 is 0 Å². The van der Waals surface area contributed by atoms with E-state index in [0.717, 1.165) is 31.6 Å². The zero-order chi connectivity index (χ0) is 18.0. The Hall–Kier alpha value is -1.59. The topological polar surface area (TPSA) is 61.4 Å². The first-order chi connectivity index (χ1) is 11.9.